The van der Waals surface area contributed by atoms with Gasteiger partial charge in [-0.05, 0) is 31.9 Å². The monoisotopic (exact) mass is 255 g/mol. The molecular formula is C14H22FNO2. The molecule has 0 aliphatic carbocycles. The van der Waals surface area contributed by atoms with Crippen molar-refractivity contribution in [1.82, 2.24) is 0 Å². The van der Waals surface area contributed by atoms with Crippen molar-refractivity contribution in [1.29, 1.82) is 0 Å². The van der Waals surface area contributed by atoms with Crippen molar-refractivity contribution < 1.29 is 14.2 Å². The van der Waals surface area contributed by atoms with Crippen LogP contribution in [0, 0.1) is 5.82 Å². The fraction of sp³-hybridized carbons (Fsp3) is 0.571. The van der Waals surface area contributed by atoms with Crippen LogP contribution < -0.4 is 5.73 Å². The third kappa shape index (κ3) is 3.51. The lowest BCUT2D eigenvalue weighted by molar-refractivity contribution is 0.0538. The zero-order valence-electron chi connectivity index (χ0n) is 11.0. The summed E-state index contributed by atoms with van der Waals surface area (Å²) in [6.45, 7) is 4.32. The minimum atomic E-state index is -0.764. The smallest absolute Gasteiger partial charge is 0.127 e. The molecular weight excluding hydrogens is 233 g/mol. The lowest BCUT2D eigenvalue weighted by atomic mass is 9.78. The molecule has 0 aromatic heterocycles. The van der Waals surface area contributed by atoms with Crippen LogP contribution in [0.1, 0.15) is 25.8 Å². The average molecular weight is 255 g/mol. The molecule has 0 saturated carbocycles. The molecule has 4 heteroatoms. The van der Waals surface area contributed by atoms with Gasteiger partial charge in [-0.25, -0.2) is 4.39 Å². The van der Waals surface area contributed by atoms with Gasteiger partial charge in [-0.3, -0.25) is 0 Å². The second-order valence-electron chi connectivity index (χ2n) is 4.79. The summed E-state index contributed by atoms with van der Waals surface area (Å²) in [5, 5.41) is 9.62. The molecule has 0 aliphatic rings. The van der Waals surface area contributed by atoms with Crippen molar-refractivity contribution >= 4 is 0 Å². The summed E-state index contributed by atoms with van der Waals surface area (Å²) < 4.78 is 19.3. The first-order valence-electron chi connectivity index (χ1n) is 6.23. The zero-order valence-corrected chi connectivity index (χ0v) is 11.0. The Labute approximate surface area is 108 Å². The van der Waals surface area contributed by atoms with E-state index in [4.69, 9.17) is 10.5 Å². The summed E-state index contributed by atoms with van der Waals surface area (Å²) in [5.41, 5.74) is 5.45. The van der Waals surface area contributed by atoms with Gasteiger partial charge >= 0.3 is 0 Å². The molecule has 1 aromatic carbocycles. The number of hydrogen-bond acceptors (Lipinski definition) is 3. The molecule has 1 atom stereocenters. The number of aliphatic hydroxyl groups is 1. The van der Waals surface area contributed by atoms with Gasteiger partial charge in [0, 0.05) is 18.6 Å². The zero-order chi connectivity index (χ0) is 13.6. The Kier molecular flexibility index (Phi) is 5.72. The minimum absolute atomic E-state index is 0.111. The van der Waals surface area contributed by atoms with Crippen LogP contribution >= 0.6 is 0 Å². The highest BCUT2D eigenvalue weighted by Gasteiger charge is 2.32. The average Bonchev–Trinajstić information content (AvgIpc) is 2.36. The van der Waals surface area contributed by atoms with E-state index in [2.05, 4.69) is 0 Å². The van der Waals surface area contributed by atoms with E-state index in [1.807, 2.05) is 13.8 Å². The van der Waals surface area contributed by atoms with Crippen LogP contribution in [0.15, 0.2) is 24.3 Å². The number of halogens is 1. The topological polar surface area (TPSA) is 55.5 Å². The first kappa shape index (κ1) is 15.1. The molecule has 0 amide bonds. The van der Waals surface area contributed by atoms with Gasteiger partial charge in [-0.2, -0.15) is 0 Å². The number of hydrogen-bond donors (Lipinski definition) is 2. The normalized spacial score (nSPS) is 14.8. The molecule has 0 saturated heterocycles. The number of ether oxygens (including phenoxy) is 1. The van der Waals surface area contributed by atoms with Crippen molar-refractivity contribution in [3.8, 4) is 0 Å². The van der Waals surface area contributed by atoms with Crippen LogP contribution in [0.5, 0.6) is 0 Å². The molecule has 18 heavy (non-hydrogen) atoms. The number of aliphatic hydroxyl groups excluding tert-OH is 1. The van der Waals surface area contributed by atoms with Crippen molar-refractivity contribution in [3.63, 3.8) is 0 Å². The van der Waals surface area contributed by atoms with Gasteiger partial charge in [0.05, 0.1) is 12.7 Å². The molecule has 0 spiro atoms. The molecule has 102 valence electrons. The first-order valence-corrected chi connectivity index (χ1v) is 6.23. The summed E-state index contributed by atoms with van der Waals surface area (Å²) in [6, 6.07) is 6.44. The second kappa shape index (κ2) is 6.83. The highest BCUT2D eigenvalue weighted by molar-refractivity contribution is 5.28. The maximum absolute atomic E-state index is 13.8. The van der Waals surface area contributed by atoms with Crippen LogP contribution in [-0.2, 0) is 10.2 Å². The van der Waals surface area contributed by atoms with Gasteiger partial charge in [0.1, 0.15) is 5.82 Å². The van der Waals surface area contributed by atoms with Crippen LogP contribution in [0.25, 0.3) is 0 Å². The Morgan fingerprint density at radius 1 is 1.39 bits per heavy atom. The summed E-state index contributed by atoms with van der Waals surface area (Å²) in [6.07, 6.45) is 0.610. The largest absolute Gasteiger partial charge is 0.395 e. The fourth-order valence-corrected chi connectivity index (χ4v) is 1.96. The predicted octanol–water partition coefficient (Wildman–Crippen LogP) is 1.83. The van der Waals surface area contributed by atoms with E-state index in [9.17, 15) is 9.50 Å². The molecule has 0 heterocycles. The number of benzene rings is 1. The molecule has 0 aliphatic heterocycles. The molecule has 0 bridgehead atoms. The molecule has 1 aromatic rings. The maximum atomic E-state index is 13.8. The van der Waals surface area contributed by atoms with Crippen molar-refractivity contribution in [3.05, 3.63) is 35.6 Å². The van der Waals surface area contributed by atoms with Gasteiger partial charge in [0.15, 0.2) is 0 Å². The van der Waals surface area contributed by atoms with E-state index < -0.39 is 5.41 Å². The van der Waals surface area contributed by atoms with Crippen LogP contribution in [0.3, 0.4) is 0 Å². The molecule has 1 rings (SSSR count). The Morgan fingerprint density at radius 3 is 2.56 bits per heavy atom. The van der Waals surface area contributed by atoms with Crippen molar-refractivity contribution in [2.24, 2.45) is 5.73 Å². The Bertz CT molecular complexity index is 365. The predicted molar refractivity (Wildman–Crippen MR) is 69.9 cm³/mol. The van der Waals surface area contributed by atoms with Gasteiger partial charge in [-0.1, -0.05) is 18.2 Å². The maximum Gasteiger partial charge on any atom is 0.127 e. The van der Waals surface area contributed by atoms with E-state index in [0.29, 0.717) is 18.6 Å². The van der Waals surface area contributed by atoms with E-state index >= 15 is 0 Å². The van der Waals surface area contributed by atoms with Crippen molar-refractivity contribution in [2.75, 3.05) is 19.8 Å². The summed E-state index contributed by atoms with van der Waals surface area (Å²) in [4.78, 5) is 0. The second-order valence-corrected chi connectivity index (χ2v) is 4.79. The SMILES string of the molecule is CC(C)OCCC(CN)(CO)c1ccccc1F. The minimum Gasteiger partial charge on any atom is -0.395 e. The number of rotatable bonds is 7. The third-order valence-electron chi connectivity index (χ3n) is 3.17. The summed E-state index contributed by atoms with van der Waals surface area (Å²) in [7, 11) is 0. The Hall–Kier alpha value is -0.970. The van der Waals surface area contributed by atoms with Crippen molar-refractivity contribution in [2.45, 2.75) is 31.8 Å². The summed E-state index contributed by atoms with van der Waals surface area (Å²) >= 11 is 0. The van der Waals surface area contributed by atoms with Crippen LogP contribution in [0.2, 0.25) is 0 Å². The van der Waals surface area contributed by atoms with Crippen LogP contribution in [0.4, 0.5) is 4.39 Å². The van der Waals surface area contributed by atoms with Gasteiger partial charge in [-0.15, -0.1) is 0 Å². The summed E-state index contributed by atoms with van der Waals surface area (Å²) in [5.74, 6) is -0.332. The Morgan fingerprint density at radius 2 is 2.06 bits per heavy atom. The van der Waals surface area contributed by atoms with E-state index in [0.717, 1.165) is 0 Å². The van der Waals surface area contributed by atoms with E-state index in [-0.39, 0.29) is 25.1 Å². The van der Waals surface area contributed by atoms with Gasteiger partial charge in [0.2, 0.25) is 0 Å². The van der Waals surface area contributed by atoms with E-state index in [1.165, 1.54) is 6.07 Å². The third-order valence-corrected chi connectivity index (χ3v) is 3.17. The standard InChI is InChI=1S/C14H22FNO2/c1-11(2)18-8-7-14(9-16,10-17)12-5-3-4-6-13(12)15/h3-6,11,17H,7-10,16H2,1-2H3. The molecule has 0 fully saturated rings. The highest BCUT2D eigenvalue weighted by atomic mass is 19.1. The fourth-order valence-electron chi connectivity index (χ4n) is 1.96. The van der Waals surface area contributed by atoms with Gasteiger partial charge < -0.3 is 15.6 Å². The molecule has 1 unspecified atom stereocenters. The lowest BCUT2D eigenvalue weighted by Gasteiger charge is -2.31. The molecule has 3 N–H and O–H groups in total. The Balaban J connectivity index is 2.89. The molecule has 3 nitrogen and oxygen atoms in total. The number of nitrogens with two attached hydrogens (primary N) is 1. The molecule has 0 radical (unpaired) electrons. The van der Waals surface area contributed by atoms with E-state index in [1.54, 1.807) is 18.2 Å². The first-order chi connectivity index (χ1) is 8.55. The van der Waals surface area contributed by atoms with Gasteiger partial charge in [0.25, 0.3) is 0 Å². The van der Waals surface area contributed by atoms with Crippen LogP contribution in [-0.4, -0.2) is 31.0 Å². The highest BCUT2D eigenvalue weighted by Crippen LogP contribution is 2.29. The quantitative estimate of drug-likeness (QED) is 0.781. The lowest BCUT2D eigenvalue weighted by Crippen LogP contribution is -2.41.